The first-order chi connectivity index (χ1) is 12.7. The maximum atomic E-state index is 12.8. The van der Waals surface area contributed by atoms with E-state index in [1.165, 1.54) is 0 Å². The number of nitrogens with one attached hydrogen (secondary N) is 2. The fraction of sp³-hybridized carbons (Fsp3) is 0.550. The largest absolute Gasteiger partial charge is 0.383 e. The van der Waals surface area contributed by atoms with Gasteiger partial charge in [-0.3, -0.25) is 14.9 Å². The van der Waals surface area contributed by atoms with E-state index in [2.05, 4.69) is 10.6 Å². The van der Waals surface area contributed by atoms with Gasteiger partial charge in [-0.2, -0.15) is 0 Å². The summed E-state index contributed by atoms with van der Waals surface area (Å²) in [5.41, 5.74) is 0.723. The van der Waals surface area contributed by atoms with E-state index in [0.29, 0.717) is 12.8 Å². The second-order valence-electron chi connectivity index (χ2n) is 7.74. The summed E-state index contributed by atoms with van der Waals surface area (Å²) in [5, 5.41) is 15.6. The molecule has 0 aromatic heterocycles. The maximum Gasteiger partial charge on any atom is 0.249 e. The van der Waals surface area contributed by atoms with Gasteiger partial charge in [0.25, 0.3) is 0 Å². The molecular formula is C20H29N3O4. The molecule has 3 atom stereocenters. The van der Waals surface area contributed by atoms with Crippen LogP contribution in [0.15, 0.2) is 24.3 Å². The normalized spacial score (nSPS) is 20.4. The molecule has 0 aliphatic carbocycles. The molecule has 1 aliphatic heterocycles. The van der Waals surface area contributed by atoms with Crippen molar-refractivity contribution < 1.29 is 19.5 Å². The smallest absolute Gasteiger partial charge is 0.249 e. The van der Waals surface area contributed by atoms with E-state index in [-0.39, 0.29) is 18.4 Å². The number of fused-ring (bicyclic) bond motifs is 1. The lowest BCUT2D eigenvalue weighted by atomic mass is 9.97. The number of amides is 2. The molecule has 0 bridgehead atoms. The number of hydrogen-bond donors (Lipinski definition) is 3. The molecule has 2 rings (SSSR count). The highest BCUT2D eigenvalue weighted by Gasteiger charge is 2.34. The van der Waals surface area contributed by atoms with Crippen molar-refractivity contribution in [3.05, 3.63) is 35.4 Å². The summed E-state index contributed by atoms with van der Waals surface area (Å²) >= 11 is 0. The molecule has 0 fully saturated rings. The SMILES string of the molecule is CC(C)[C@H](O)C(=O)N[C@@](C)(C=O)CN[C@@H]1C(=O)N(C)CCc2ccccc21. The zero-order valence-corrected chi connectivity index (χ0v) is 16.4. The lowest BCUT2D eigenvalue weighted by Gasteiger charge is -2.30. The predicted octanol–water partition coefficient (Wildman–Crippen LogP) is 0.423. The second-order valence-corrected chi connectivity index (χ2v) is 7.74. The number of aldehydes is 1. The number of aliphatic hydroxyl groups is 1. The predicted molar refractivity (Wildman–Crippen MR) is 102 cm³/mol. The lowest BCUT2D eigenvalue weighted by Crippen LogP contribution is -2.58. The van der Waals surface area contributed by atoms with Crippen LogP contribution in [0, 0.1) is 5.92 Å². The Balaban J connectivity index is 2.17. The van der Waals surface area contributed by atoms with Gasteiger partial charge in [0.05, 0.1) is 0 Å². The Morgan fingerprint density at radius 3 is 2.70 bits per heavy atom. The molecule has 27 heavy (non-hydrogen) atoms. The zero-order chi connectivity index (χ0) is 20.2. The third-order valence-corrected chi connectivity index (χ3v) is 4.95. The van der Waals surface area contributed by atoms with E-state index in [0.717, 1.165) is 17.5 Å². The summed E-state index contributed by atoms with van der Waals surface area (Å²) < 4.78 is 0. The Labute approximate surface area is 160 Å². The molecule has 3 N–H and O–H groups in total. The van der Waals surface area contributed by atoms with Gasteiger partial charge >= 0.3 is 0 Å². The van der Waals surface area contributed by atoms with Gasteiger partial charge in [-0.1, -0.05) is 38.1 Å². The van der Waals surface area contributed by atoms with E-state index < -0.39 is 23.6 Å². The molecule has 7 heteroatoms. The Morgan fingerprint density at radius 1 is 1.41 bits per heavy atom. The summed E-state index contributed by atoms with van der Waals surface area (Å²) in [6.45, 7) is 5.69. The van der Waals surface area contributed by atoms with Crippen LogP contribution >= 0.6 is 0 Å². The number of benzene rings is 1. The van der Waals surface area contributed by atoms with Crippen LogP contribution in [-0.2, 0) is 20.8 Å². The first-order valence-electron chi connectivity index (χ1n) is 9.21. The molecule has 148 valence electrons. The number of likely N-dealkylation sites (N-methyl/N-ethyl adjacent to an activating group) is 1. The molecule has 0 saturated heterocycles. The number of aliphatic hydroxyl groups excluding tert-OH is 1. The number of nitrogens with zero attached hydrogens (tertiary/aromatic N) is 1. The number of hydrogen-bond acceptors (Lipinski definition) is 5. The van der Waals surface area contributed by atoms with Crippen molar-refractivity contribution in [3.63, 3.8) is 0 Å². The van der Waals surface area contributed by atoms with Crippen LogP contribution in [0.4, 0.5) is 0 Å². The minimum Gasteiger partial charge on any atom is -0.383 e. The van der Waals surface area contributed by atoms with E-state index >= 15 is 0 Å². The molecule has 0 spiro atoms. The van der Waals surface area contributed by atoms with Crippen molar-refractivity contribution in [2.24, 2.45) is 5.92 Å². The first-order valence-corrected chi connectivity index (χ1v) is 9.21. The fourth-order valence-corrected chi connectivity index (χ4v) is 3.08. The van der Waals surface area contributed by atoms with Crippen molar-refractivity contribution in [2.45, 2.75) is 44.9 Å². The minimum atomic E-state index is -1.24. The van der Waals surface area contributed by atoms with Gasteiger partial charge in [-0.05, 0) is 30.4 Å². The topological polar surface area (TPSA) is 98.7 Å². The molecule has 0 radical (unpaired) electrons. The van der Waals surface area contributed by atoms with Crippen LogP contribution in [0.5, 0.6) is 0 Å². The Kier molecular flexibility index (Phi) is 6.73. The zero-order valence-electron chi connectivity index (χ0n) is 16.4. The third kappa shape index (κ3) is 4.93. The monoisotopic (exact) mass is 375 g/mol. The van der Waals surface area contributed by atoms with E-state index in [4.69, 9.17) is 0 Å². The average Bonchev–Trinajstić information content (AvgIpc) is 2.76. The number of rotatable bonds is 7. The molecule has 2 amide bonds. The van der Waals surface area contributed by atoms with Gasteiger partial charge in [0, 0.05) is 20.1 Å². The van der Waals surface area contributed by atoms with Crippen LogP contribution in [0.3, 0.4) is 0 Å². The quantitative estimate of drug-likeness (QED) is 0.600. The van der Waals surface area contributed by atoms with Crippen LogP contribution in [0.1, 0.15) is 37.9 Å². The second kappa shape index (κ2) is 8.63. The van der Waals surface area contributed by atoms with Crippen LogP contribution in [0.2, 0.25) is 0 Å². The molecule has 1 heterocycles. The number of carbonyl (C=O) groups excluding carboxylic acids is 3. The first kappa shape index (κ1) is 21.1. The summed E-state index contributed by atoms with van der Waals surface area (Å²) in [5.74, 6) is -0.953. The van der Waals surface area contributed by atoms with E-state index in [1.54, 1.807) is 32.7 Å². The summed E-state index contributed by atoms with van der Waals surface area (Å²) in [4.78, 5) is 38.3. The molecule has 1 aromatic rings. The molecule has 1 aromatic carbocycles. The van der Waals surface area contributed by atoms with Gasteiger partial charge in [0.1, 0.15) is 24.0 Å². The van der Waals surface area contributed by atoms with E-state index in [1.807, 2.05) is 24.3 Å². The minimum absolute atomic E-state index is 0.0611. The van der Waals surface area contributed by atoms with Gasteiger partial charge < -0.3 is 20.1 Å². The fourth-order valence-electron chi connectivity index (χ4n) is 3.08. The summed E-state index contributed by atoms with van der Waals surface area (Å²) in [7, 11) is 1.75. The van der Waals surface area contributed by atoms with Gasteiger partial charge in [0.2, 0.25) is 11.8 Å². The highest BCUT2D eigenvalue weighted by Crippen LogP contribution is 2.24. The maximum absolute atomic E-state index is 12.8. The summed E-state index contributed by atoms with van der Waals surface area (Å²) in [6, 6.07) is 7.13. The van der Waals surface area contributed by atoms with Crippen LogP contribution in [0.25, 0.3) is 0 Å². The van der Waals surface area contributed by atoms with Gasteiger partial charge in [-0.15, -0.1) is 0 Å². The molecule has 1 aliphatic rings. The molecule has 0 unspecified atom stereocenters. The Bertz CT molecular complexity index is 706. The average molecular weight is 375 g/mol. The standard InChI is InChI=1S/C20H29N3O4/c1-13(2)17(25)18(26)22-20(3,12-24)11-21-16-15-8-6-5-7-14(15)9-10-23(4)19(16)27/h5-8,12-13,16-17,21,25H,9-11H2,1-4H3,(H,22,26)/t16-,17-,20+/m0/s1. The van der Waals surface area contributed by atoms with Crippen molar-refractivity contribution >= 4 is 18.1 Å². The van der Waals surface area contributed by atoms with Crippen molar-refractivity contribution in [3.8, 4) is 0 Å². The van der Waals surface area contributed by atoms with Crippen molar-refractivity contribution in [1.82, 2.24) is 15.5 Å². The van der Waals surface area contributed by atoms with Crippen LogP contribution < -0.4 is 10.6 Å². The Hall–Kier alpha value is -2.25. The van der Waals surface area contributed by atoms with Gasteiger partial charge in [0.15, 0.2) is 0 Å². The Morgan fingerprint density at radius 2 is 2.07 bits per heavy atom. The van der Waals surface area contributed by atoms with Crippen LogP contribution in [-0.4, -0.2) is 59.9 Å². The number of carbonyl (C=O) groups is 3. The highest BCUT2D eigenvalue weighted by atomic mass is 16.3. The third-order valence-electron chi connectivity index (χ3n) is 4.95. The van der Waals surface area contributed by atoms with Crippen molar-refractivity contribution in [2.75, 3.05) is 20.1 Å². The summed E-state index contributed by atoms with van der Waals surface area (Å²) in [6.07, 6.45) is 0.191. The molecular weight excluding hydrogens is 346 g/mol. The van der Waals surface area contributed by atoms with E-state index in [9.17, 15) is 19.5 Å². The van der Waals surface area contributed by atoms with Gasteiger partial charge in [-0.25, -0.2) is 0 Å². The molecule has 7 nitrogen and oxygen atoms in total. The van der Waals surface area contributed by atoms with Crippen molar-refractivity contribution in [1.29, 1.82) is 0 Å². The molecule has 0 saturated carbocycles. The highest BCUT2D eigenvalue weighted by molar-refractivity contribution is 5.86. The lowest BCUT2D eigenvalue weighted by molar-refractivity contribution is -0.135.